The van der Waals surface area contributed by atoms with Gasteiger partial charge in [0.2, 0.25) is 0 Å². The fourth-order valence-electron chi connectivity index (χ4n) is 3.00. The normalized spacial score (nSPS) is 18.1. The Morgan fingerprint density at radius 2 is 2.17 bits per heavy atom. The molecular formula is C19H23NO2S. The molecule has 4 heteroatoms. The van der Waals surface area contributed by atoms with Gasteiger partial charge >= 0.3 is 0 Å². The molecule has 1 amide bonds. The fourth-order valence-corrected chi connectivity index (χ4v) is 3.87. The maximum absolute atomic E-state index is 12.5. The number of carbonyl (C=O) groups is 1. The molecule has 1 unspecified atom stereocenters. The molecule has 1 aromatic carbocycles. The predicted octanol–water partition coefficient (Wildman–Crippen LogP) is 4.13. The zero-order valence-electron chi connectivity index (χ0n) is 13.5. The van der Waals surface area contributed by atoms with E-state index < -0.39 is 0 Å². The van der Waals surface area contributed by atoms with Crippen molar-refractivity contribution in [3.8, 4) is 0 Å². The molecule has 0 spiro atoms. The van der Waals surface area contributed by atoms with Gasteiger partial charge in [0.05, 0.1) is 18.1 Å². The standard InChI is InChI=1S/C19H23NO2S/c1-15-10-18(23-14-15)19(21)20-9-5-8-17(11-20)13-22-12-16-6-3-2-4-7-16/h2-4,6-7,10,14,17H,5,8-9,11-13H2,1H3. The number of ether oxygens (including phenoxy) is 1. The SMILES string of the molecule is Cc1csc(C(=O)N2CCCC(COCc3ccccc3)C2)c1. The van der Waals surface area contributed by atoms with Crippen LogP contribution in [-0.4, -0.2) is 30.5 Å². The lowest BCUT2D eigenvalue weighted by Gasteiger charge is -2.32. The monoisotopic (exact) mass is 329 g/mol. The molecule has 0 bridgehead atoms. The van der Waals surface area contributed by atoms with E-state index in [1.807, 2.05) is 41.5 Å². The third-order valence-corrected chi connectivity index (χ3v) is 5.25. The van der Waals surface area contributed by atoms with E-state index in [0.717, 1.165) is 43.0 Å². The van der Waals surface area contributed by atoms with Crippen LogP contribution >= 0.6 is 11.3 Å². The van der Waals surface area contributed by atoms with Gasteiger partial charge < -0.3 is 9.64 Å². The van der Waals surface area contributed by atoms with Crippen molar-refractivity contribution in [2.75, 3.05) is 19.7 Å². The van der Waals surface area contributed by atoms with Crippen LogP contribution in [0, 0.1) is 12.8 Å². The molecule has 0 radical (unpaired) electrons. The predicted molar refractivity (Wildman–Crippen MR) is 93.8 cm³/mol. The number of carbonyl (C=O) groups excluding carboxylic acids is 1. The third-order valence-electron chi connectivity index (χ3n) is 4.21. The first kappa shape index (κ1) is 16.2. The molecule has 1 aliphatic heterocycles. The summed E-state index contributed by atoms with van der Waals surface area (Å²) in [5, 5.41) is 2.04. The van der Waals surface area contributed by atoms with E-state index in [2.05, 4.69) is 12.1 Å². The molecule has 1 aromatic heterocycles. The number of aryl methyl sites for hydroxylation is 1. The first-order chi connectivity index (χ1) is 11.2. The second-order valence-corrected chi connectivity index (χ2v) is 7.16. The first-order valence-electron chi connectivity index (χ1n) is 8.18. The lowest BCUT2D eigenvalue weighted by atomic mass is 9.99. The van der Waals surface area contributed by atoms with Gasteiger partial charge in [0.1, 0.15) is 0 Å². The molecule has 0 saturated carbocycles. The average molecular weight is 329 g/mol. The molecule has 1 saturated heterocycles. The second kappa shape index (κ2) is 7.75. The van der Waals surface area contributed by atoms with E-state index >= 15 is 0 Å². The molecule has 1 fully saturated rings. The van der Waals surface area contributed by atoms with Gasteiger partial charge in [0.15, 0.2) is 0 Å². The Bertz CT molecular complexity index is 638. The van der Waals surface area contributed by atoms with Gasteiger partial charge in [-0.15, -0.1) is 11.3 Å². The summed E-state index contributed by atoms with van der Waals surface area (Å²) in [5.74, 6) is 0.619. The van der Waals surface area contributed by atoms with Gasteiger partial charge in [-0.25, -0.2) is 0 Å². The van der Waals surface area contributed by atoms with E-state index in [1.165, 1.54) is 5.56 Å². The van der Waals surface area contributed by atoms with Crippen LogP contribution in [0.5, 0.6) is 0 Å². The minimum Gasteiger partial charge on any atom is -0.376 e. The van der Waals surface area contributed by atoms with Gasteiger partial charge in [-0.1, -0.05) is 30.3 Å². The molecule has 1 aliphatic rings. The number of hydrogen-bond acceptors (Lipinski definition) is 3. The Hall–Kier alpha value is -1.65. The van der Waals surface area contributed by atoms with E-state index in [1.54, 1.807) is 11.3 Å². The number of likely N-dealkylation sites (tertiary alicyclic amines) is 1. The van der Waals surface area contributed by atoms with E-state index in [0.29, 0.717) is 12.5 Å². The van der Waals surface area contributed by atoms with Gasteiger partial charge in [0.25, 0.3) is 5.91 Å². The summed E-state index contributed by atoms with van der Waals surface area (Å²) in [6.45, 7) is 5.08. The van der Waals surface area contributed by atoms with Crippen LogP contribution in [-0.2, 0) is 11.3 Å². The molecule has 3 rings (SSSR count). The van der Waals surface area contributed by atoms with Crippen LogP contribution < -0.4 is 0 Å². The maximum Gasteiger partial charge on any atom is 0.263 e. The molecule has 0 aliphatic carbocycles. The molecule has 2 aromatic rings. The molecule has 122 valence electrons. The van der Waals surface area contributed by atoms with Crippen LogP contribution in [0.25, 0.3) is 0 Å². The lowest BCUT2D eigenvalue weighted by Crippen LogP contribution is -2.40. The number of benzene rings is 1. The van der Waals surface area contributed by atoms with Crippen LogP contribution in [0.1, 0.15) is 33.6 Å². The second-order valence-electron chi connectivity index (χ2n) is 6.25. The highest BCUT2D eigenvalue weighted by Crippen LogP contribution is 2.22. The van der Waals surface area contributed by atoms with E-state index in [-0.39, 0.29) is 5.91 Å². The molecule has 2 heterocycles. The highest BCUT2D eigenvalue weighted by molar-refractivity contribution is 7.12. The van der Waals surface area contributed by atoms with Crippen LogP contribution in [0.4, 0.5) is 0 Å². The Labute approximate surface area is 141 Å². The smallest absolute Gasteiger partial charge is 0.263 e. The van der Waals surface area contributed by atoms with Crippen LogP contribution in [0.15, 0.2) is 41.8 Å². The van der Waals surface area contributed by atoms with Crippen LogP contribution in [0.2, 0.25) is 0 Å². The van der Waals surface area contributed by atoms with Crippen molar-refractivity contribution in [2.45, 2.75) is 26.4 Å². The fraction of sp³-hybridized carbons (Fsp3) is 0.421. The number of piperidine rings is 1. The molecule has 1 atom stereocenters. The number of nitrogens with zero attached hydrogens (tertiary/aromatic N) is 1. The van der Waals surface area contributed by atoms with Crippen molar-refractivity contribution in [1.82, 2.24) is 4.90 Å². The lowest BCUT2D eigenvalue weighted by molar-refractivity contribution is 0.0428. The topological polar surface area (TPSA) is 29.5 Å². The Morgan fingerprint density at radius 1 is 1.35 bits per heavy atom. The molecule has 0 N–H and O–H groups in total. The summed E-state index contributed by atoms with van der Waals surface area (Å²) in [5.41, 5.74) is 2.36. The summed E-state index contributed by atoms with van der Waals surface area (Å²) in [7, 11) is 0. The number of amides is 1. The van der Waals surface area contributed by atoms with Crippen molar-refractivity contribution < 1.29 is 9.53 Å². The highest BCUT2D eigenvalue weighted by atomic mass is 32.1. The van der Waals surface area contributed by atoms with Crippen molar-refractivity contribution >= 4 is 17.2 Å². The Morgan fingerprint density at radius 3 is 2.91 bits per heavy atom. The molecule has 3 nitrogen and oxygen atoms in total. The zero-order chi connectivity index (χ0) is 16.1. The number of rotatable bonds is 5. The van der Waals surface area contributed by atoms with E-state index in [4.69, 9.17) is 4.74 Å². The van der Waals surface area contributed by atoms with Crippen molar-refractivity contribution in [3.63, 3.8) is 0 Å². The maximum atomic E-state index is 12.5. The summed E-state index contributed by atoms with van der Waals surface area (Å²) in [4.78, 5) is 15.4. The first-order valence-corrected chi connectivity index (χ1v) is 9.06. The van der Waals surface area contributed by atoms with Crippen LogP contribution in [0.3, 0.4) is 0 Å². The zero-order valence-corrected chi connectivity index (χ0v) is 14.3. The summed E-state index contributed by atoms with van der Waals surface area (Å²) >= 11 is 1.55. The minimum absolute atomic E-state index is 0.177. The Kier molecular flexibility index (Phi) is 5.47. The minimum atomic E-state index is 0.177. The third kappa shape index (κ3) is 4.43. The number of thiophene rings is 1. The van der Waals surface area contributed by atoms with Gasteiger partial charge in [-0.2, -0.15) is 0 Å². The summed E-state index contributed by atoms with van der Waals surface area (Å²) < 4.78 is 5.86. The highest BCUT2D eigenvalue weighted by Gasteiger charge is 2.25. The van der Waals surface area contributed by atoms with E-state index in [9.17, 15) is 4.79 Å². The summed E-state index contributed by atoms with van der Waals surface area (Å²) in [6, 6.07) is 12.2. The van der Waals surface area contributed by atoms with Crippen molar-refractivity contribution in [2.24, 2.45) is 5.92 Å². The van der Waals surface area contributed by atoms with Gasteiger partial charge in [-0.05, 0) is 48.3 Å². The molecular weight excluding hydrogens is 306 g/mol. The van der Waals surface area contributed by atoms with Gasteiger partial charge in [-0.3, -0.25) is 4.79 Å². The summed E-state index contributed by atoms with van der Waals surface area (Å²) in [6.07, 6.45) is 2.21. The quantitative estimate of drug-likeness (QED) is 0.825. The van der Waals surface area contributed by atoms with Gasteiger partial charge in [0, 0.05) is 13.1 Å². The largest absolute Gasteiger partial charge is 0.376 e. The van der Waals surface area contributed by atoms with Crippen molar-refractivity contribution in [3.05, 3.63) is 57.8 Å². The number of hydrogen-bond donors (Lipinski definition) is 0. The van der Waals surface area contributed by atoms with Crippen molar-refractivity contribution in [1.29, 1.82) is 0 Å². The average Bonchev–Trinajstić information content (AvgIpc) is 3.02. The molecule has 23 heavy (non-hydrogen) atoms. The Balaban J connectivity index is 1.49.